The topological polar surface area (TPSA) is 35.5 Å². The molecule has 0 N–H and O–H groups in total. The Kier molecular flexibility index (Phi) is 6.01. The van der Waals surface area contributed by atoms with Gasteiger partial charge in [0, 0.05) is 7.11 Å². The molecule has 0 amide bonds. The average Bonchev–Trinajstić information content (AvgIpc) is 2.48. The molecule has 2 rings (SSSR count). The molecule has 122 valence electrons. The third kappa shape index (κ3) is 4.10. The van der Waals surface area contributed by atoms with Crippen molar-refractivity contribution in [2.75, 3.05) is 7.11 Å². The van der Waals surface area contributed by atoms with E-state index >= 15 is 0 Å². The third-order valence-corrected chi connectivity index (χ3v) is 4.78. The standard InChI is InChI=1S/C19H28O3/c1-13(2)16-11-10-14(3)12-17(16)22-19(20)18(21-4)15-8-6-5-7-9-15/h5-9,13-14,16-18H,10-12H2,1-4H3/t14-,16+,17+,18+/m0/s1. The predicted octanol–water partition coefficient (Wildman–Crippen LogP) is 4.38. The highest BCUT2D eigenvalue weighted by Gasteiger charge is 2.35. The Morgan fingerprint density at radius 2 is 1.86 bits per heavy atom. The first kappa shape index (κ1) is 17.0. The van der Waals surface area contributed by atoms with Crippen molar-refractivity contribution < 1.29 is 14.3 Å². The van der Waals surface area contributed by atoms with E-state index in [9.17, 15) is 4.79 Å². The maximum Gasteiger partial charge on any atom is 0.340 e. The zero-order valence-electron chi connectivity index (χ0n) is 14.1. The summed E-state index contributed by atoms with van der Waals surface area (Å²) in [5.74, 6) is 1.33. The summed E-state index contributed by atoms with van der Waals surface area (Å²) >= 11 is 0. The number of ether oxygens (including phenoxy) is 2. The number of rotatable bonds is 5. The maximum absolute atomic E-state index is 12.6. The molecule has 0 saturated heterocycles. The van der Waals surface area contributed by atoms with Gasteiger partial charge < -0.3 is 9.47 Å². The molecule has 1 saturated carbocycles. The zero-order chi connectivity index (χ0) is 16.1. The van der Waals surface area contributed by atoms with E-state index in [0.717, 1.165) is 18.4 Å². The predicted molar refractivity (Wildman–Crippen MR) is 87.4 cm³/mol. The molecule has 0 aliphatic heterocycles. The van der Waals surface area contributed by atoms with Gasteiger partial charge in [0.1, 0.15) is 6.10 Å². The fourth-order valence-electron chi connectivity index (χ4n) is 3.46. The lowest BCUT2D eigenvalue weighted by Crippen LogP contribution is -2.37. The van der Waals surface area contributed by atoms with Crippen LogP contribution in [-0.4, -0.2) is 19.2 Å². The Hall–Kier alpha value is -1.35. The van der Waals surface area contributed by atoms with Crippen LogP contribution in [0.2, 0.25) is 0 Å². The summed E-state index contributed by atoms with van der Waals surface area (Å²) in [6, 6.07) is 9.55. The number of carbonyl (C=O) groups excluding carboxylic acids is 1. The van der Waals surface area contributed by atoms with E-state index in [4.69, 9.17) is 9.47 Å². The number of hydrogen-bond donors (Lipinski definition) is 0. The van der Waals surface area contributed by atoms with Gasteiger partial charge in [-0.2, -0.15) is 0 Å². The van der Waals surface area contributed by atoms with Crippen molar-refractivity contribution in [1.82, 2.24) is 0 Å². The monoisotopic (exact) mass is 304 g/mol. The summed E-state index contributed by atoms with van der Waals surface area (Å²) in [5, 5.41) is 0. The van der Waals surface area contributed by atoms with E-state index < -0.39 is 6.10 Å². The van der Waals surface area contributed by atoms with Crippen LogP contribution in [-0.2, 0) is 14.3 Å². The van der Waals surface area contributed by atoms with Gasteiger partial charge in [-0.05, 0) is 36.2 Å². The average molecular weight is 304 g/mol. The largest absolute Gasteiger partial charge is 0.460 e. The van der Waals surface area contributed by atoms with Crippen LogP contribution in [0.25, 0.3) is 0 Å². The van der Waals surface area contributed by atoms with Crippen LogP contribution in [0, 0.1) is 17.8 Å². The second-order valence-corrected chi connectivity index (χ2v) is 6.83. The van der Waals surface area contributed by atoms with Gasteiger partial charge in [-0.25, -0.2) is 4.79 Å². The van der Waals surface area contributed by atoms with Crippen molar-refractivity contribution >= 4 is 5.97 Å². The number of hydrogen-bond acceptors (Lipinski definition) is 3. The van der Waals surface area contributed by atoms with E-state index in [2.05, 4.69) is 20.8 Å². The van der Waals surface area contributed by atoms with Gasteiger partial charge in [0.2, 0.25) is 0 Å². The molecular formula is C19H28O3. The van der Waals surface area contributed by atoms with Crippen LogP contribution in [0.5, 0.6) is 0 Å². The summed E-state index contributed by atoms with van der Waals surface area (Å²) in [6.07, 6.45) is 2.70. The molecule has 22 heavy (non-hydrogen) atoms. The van der Waals surface area contributed by atoms with Crippen LogP contribution in [0.3, 0.4) is 0 Å². The lowest BCUT2D eigenvalue weighted by atomic mass is 9.75. The zero-order valence-corrected chi connectivity index (χ0v) is 14.1. The summed E-state index contributed by atoms with van der Waals surface area (Å²) in [7, 11) is 1.56. The van der Waals surface area contributed by atoms with Gasteiger partial charge in [-0.15, -0.1) is 0 Å². The fourth-order valence-corrected chi connectivity index (χ4v) is 3.46. The van der Waals surface area contributed by atoms with Crippen LogP contribution < -0.4 is 0 Å². The lowest BCUT2D eigenvalue weighted by Gasteiger charge is -2.37. The molecule has 0 unspecified atom stereocenters. The van der Waals surface area contributed by atoms with Gasteiger partial charge in [0.25, 0.3) is 0 Å². The van der Waals surface area contributed by atoms with Gasteiger partial charge in [-0.3, -0.25) is 0 Å². The van der Waals surface area contributed by atoms with Crippen molar-refractivity contribution in [3.8, 4) is 0 Å². The highest BCUT2D eigenvalue weighted by molar-refractivity contribution is 5.76. The molecule has 1 aliphatic rings. The number of carbonyl (C=O) groups is 1. The van der Waals surface area contributed by atoms with Crippen molar-refractivity contribution in [3.63, 3.8) is 0 Å². The van der Waals surface area contributed by atoms with Gasteiger partial charge in [0.05, 0.1) is 0 Å². The number of esters is 1. The Balaban J connectivity index is 2.08. The fraction of sp³-hybridized carbons (Fsp3) is 0.632. The summed E-state index contributed by atoms with van der Waals surface area (Å²) in [6.45, 7) is 6.67. The SMILES string of the molecule is CO[C@@H](C(=O)O[C@@H]1C[C@@H](C)CC[C@@H]1C(C)C)c1ccccc1. The molecule has 0 aromatic heterocycles. The maximum atomic E-state index is 12.6. The van der Waals surface area contributed by atoms with Crippen LogP contribution in [0.4, 0.5) is 0 Å². The van der Waals surface area contributed by atoms with Crippen molar-refractivity contribution in [1.29, 1.82) is 0 Å². The molecule has 3 nitrogen and oxygen atoms in total. The van der Waals surface area contributed by atoms with Gasteiger partial charge in [0.15, 0.2) is 6.10 Å². The van der Waals surface area contributed by atoms with Crippen LogP contribution >= 0.6 is 0 Å². The summed E-state index contributed by atoms with van der Waals surface area (Å²) in [5.41, 5.74) is 0.847. The quantitative estimate of drug-likeness (QED) is 0.757. The van der Waals surface area contributed by atoms with Crippen LogP contribution in [0.1, 0.15) is 51.7 Å². The lowest BCUT2D eigenvalue weighted by molar-refractivity contribution is -0.168. The molecular weight excluding hydrogens is 276 g/mol. The van der Waals surface area contributed by atoms with Gasteiger partial charge in [-0.1, -0.05) is 57.5 Å². The Morgan fingerprint density at radius 1 is 1.18 bits per heavy atom. The first-order chi connectivity index (χ1) is 10.5. The van der Waals surface area contributed by atoms with Gasteiger partial charge >= 0.3 is 5.97 Å². The molecule has 1 aromatic rings. The Morgan fingerprint density at radius 3 is 2.45 bits per heavy atom. The normalized spacial score (nSPS) is 26.7. The molecule has 0 bridgehead atoms. The van der Waals surface area contributed by atoms with Crippen molar-refractivity contribution in [2.24, 2.45) is 17.8 Å². The minimum Gasteiger partial charge on any atom is -0.460 e. The van der Waals surface area contributed by atoms with E-state index in [1.165, 1.54) is 6.42 Å². The first-order valence-electron chi connectivity index (χ1n) is 8.31. The second-order valence-electron chi connectivity index (χ2n) is 6.83. The summed E-state index contributed by atoms with van der Waals surface area (Å²) in [4.78, 5) is 12.6. The molecule has 1 aromatic carbocycles. The minimum absolute atomic E-state index is 0.0117. The number of methoxy groups -OCH3 is 1. The first-order valence-corrected chi connectivity index (χ1v) is 8.31. The molecule has 0 heterocycles. The number of benzene rings is 1. The highest BCUT2D eigenvalue weighted by Crippen LogP contribution is 2.36. The molecule has 0 radical (unpaired) electrons. The smallest absolute Gasteiger partial charge is 0.340 e. The van der Waals surface area contributed by atoms with Crippen molar-refractivity contribution in [3.05, 3.63) is 35.9 Å². The molecule has 4 atom stereocenters. The highest BCUT2D eigenvalue weighted by atomic mass is 16.6. The minimum atomic E-state index is -0.633. The van der Waals surface area contributed by atoms with E-state index in [1.54, 1.807) is 7.11 Å². The molecule has 1 fully saturated rings. The van der Waals surface area contributed by atoms with Crippen molar-refractivity contribution in [2.45, 2.75) is 52.2 Å². The van der Waals surface area contributed by atoms with E-state index in [0.29, 0.717) is 17.8 Å². The second kappa shape index (κ2) is 7.77. The van der Waals surface area contributed by atoms with E-state index in [-0.39, 0.29) is 12.1 Å². The third-order valence-electron chi connectivity index (χ3n) is 4.78. The Labute approximate surface area is 134 Å². The molecule has 3 heteroatoms. The van der Waals surface area contributed by atoms with E-state index in [1.807, 2.05) is 30.3 Å². The summed E-state index contributed by atoms with van der Waals surface area (Å²) < 4.78 is 11.3. The molecule has 0 spiro atoms. The van der Waals surface area contributed by atoms with Crippen LogP contribution in [0.15, 0.2) is 30.3 Å². The Bertz CT molecular complexity index is 469. The molecule has 1 aliphatic carbocycles.